The third-order valence-electron chi connectivity index (χ3n) is 1.43. The molecule has 0 saturated carbocycles. The molecule has 0 saturated heterocycles. The van der Waals surface area contributed by atoms with Crippen LogP contribution in [0.15, 0.2) is 33.7 Å². The fraction of sp³-hybridized carbons (Fsp3) is 0.111. The maximum absolute atomic E-state index is 9.45. The second kappa shape index (κ2) is 4.10. The molecule has 0 radical (unpaired) electrons. The van der Waals surface area contributed by atoms with E-state index in [9.17, 15) is 5.11 Å². The number of aromatic hydroxyl groups is 1. The van der Waals surface area contributed by atoms with E-state index in [1.807, 2.05) is 12.1 Å². The Morgan fingerprint density at radius 1 is 1.50 bits per heavy atom. The molecule has 1 rings (SSSR count). The molecular weight excluding hydrogens is 284 g/mol. The molecule has 0 aliphatic heterocycles. The van der Waals surface area contributed by atoms with Crippen molar-refractivity contribution >= 4 is 31.9 Å². The number of phenolic OH excluding ortho intramolecular Hbond substituents is 1. The van der Waals surface area contributed by atoms with Crippen molar-refractivity contribution in [3.05, 3.63) is 39.3 Å². The summed E-state index contributed by atoms with van der Waals surface area (Å²) >= 11 is 6.51. The SMILES string of the molecule is C=C(Br)Cc1ccc(Br)cc1O. The van der Waals surface area contributed by atoms with Gasteiger partial charge in [-0.2, -0.15) is 0 Å². The van der Waals surface area contributed by atoms with Gasteiger partial charge in [0.05, 0.1) is 0 Å². The third kappa shape index (κ3) is 2.64. The highest BCUT2D eigenvalue weighted by molar-refractivity contribution is 9.11. The predicted molar refractivity (Wildman–Crippen MR) is 57.6 cm³/mol. The number of halogens is 2. The molecule has 0 aliphatic rings. The van der Waals surface area contributed by atoms with Gasteiger partial charge in [-0.25, -0.2) is 0 Å². The normalized spacial score (nSPS) is 9.83. The minimum absolute atomic E-state index is 0.296. The van der Waals surface area contributed by atoms with Crippen LogP contribution in [0.5, 0.6) is 5.75 Å². The van der Waals surface area contributed by atoms with Gasteiger partial charge in [0.15, 0.2) is 0 Å². The molecule has 12 heavy (non-hydrogen) atoms. The lowest BCUT2D eigenvalue weighted by Gasteiger charge is -2.02. The highest BCUT2D eigenvalue weighted by atomic mass is 79.9. The fourth-order valence-corrected chi connectivity index (χ4v) is 1.54. The molecule has 64 valence electrons. The lowest BCUT2D eigenvalue weighted by atomic mass is 10.1. The van der Waals surface area contributed by atoms with Crippen LogP contribution < -0.4 is 0 Å². The summed E-state index contributed by atoms with van der Waals surface area (Å²) in [6, 6.07) is 5.43. The van der Waals surface area contributed by atoms with Crippen molar-refractivity contribution in [2.45, 2.75) is 6.42 Å². The van der Waals surface area contributed by atoms with Gasteiger partial charge in [0.1, 0.15) is 5.75 Å². The van der Waals surface area contributed by atoms with Gasteiger partial charge in [-0.1, -0.05) is 44.5 Å². The number of hydrogen-bond acceptors (Lipinski definition) is 1. The Morgan fingerprint density at radius 2 is 2.17 bits per heavy atom. The van der Waals surface area contributed by atoms with Crippen LogP contribution in [-0.4, -0.2) is 5.11 Å². The van der Waals surface area contributed by atoms with Gasteiger partial charge in [-0.15, -0.1) is 0 Å². The molecule has 3 heteroatoms. The van der Waals surface area contributed by atoms with E-state index >= 15 is 0 Å². The molecule has 0 bridgehead atoms. The Hall–Kier alpha value is -0.280. The van der Waals surface area contributed by atoms with Crippen molar-refractivity contribution in [3.63, 3.8) is 0 Å². The van der Waals surface area contributed by atoms with Crippen molar-refractivity contribution in [1.29, 1.82) is 0 Å². The number of hydrogen-bond donors (Lipinski definition) is 1. The monoisotopic (exact) mass is 290 g/mol. The summed E-state index contributed by atoms with van der Waals surface area (Å²) in [5.41, 5.74) is 0.875. The third-order valence-corrected chi connectivity index (χ3v) is 2.20. The Morgan fingerprint density at radius 3 is 2.67 bits per heavy atom. The summed E-state index contributed by atoms with van der Waals surface area (Å²) in [7, 11) is 0. The van der Waals surface area contributed by atoms with E-state index in [-0.39, 0.29) is 0 Å². The Bertz CT molecular complexity index is 307. The Balaban J connectivity index is 2.93. The van der Waals surface area contributed by atoms with Crippen LogP contribution in [0, 0.1) is 0 Å². The van der Waals surface area contributed by atoms with Crippen LogP contribution in [0.2, 0.25) is 0 Å². The molecule has 1 aromatic rings. The standard InChI is InChI=1S/C9H8Br2O/c1-6(10)4-7-2-3-8(11)5-9(7)12/h2-3,5,12H,1,4H2. The number of phenols is 1. The molecule has 0 atom stereocenters. The summed E-state index contributed by atoms with van der Waals surface area (Å²) in [5, 5.41) is 9.45. The molecule has 1 aromatic carbocycles. The maximum Gasteiger partial charge on any atom is 0.120 e. The topological polar surface area (TPSA) is 20.2 Å². The average molecular weight is 292 g/mol. The molecule has 0 fully saturated rings. The highest BCUT2D eigenvalue weighted by Gasteiger charge is 2.01. The van der Waals surface area contributed by atoms with Gasteiger partial charge in [0.2, 0.25) is 0 Å². The smallest absolute Gasteiger partial charge is 0.120 e. The van der Waals surface area contributed by atoms with Gasteiger partial charge >= 0.3 is 0 Å². The molecule has 0 aliphatic carbocycles. The molecule has 0 heterocycles. The molecule has 0 aromatic heterocycles. The first kappa shape index (κ1) is 9.81. The molecule has 0 spiro atoms. The summed E-state index contributed by atoms with van der Waals surface area (Å²) in [5.74, 6) is 0.296. The van der Waals surface area contributed by atoms with Gasteiger partial charge in [-0.3, -0.25) is 0 Å². The minimum atomic E-state index is 0.296. The van der Waals surface area contributed by atoms with Crippen LogP contribution in [0.25, 0.3) is 0 Å². The lowest BCUT2D eigenvalue weighted by molar-refractivity contribution is 0.469. The summed E-state index contributed by atoms with van der Waals surface area (Å²) in [4.78, 5) is 0. The van der Waals surface area contributed by atoms with E-state index in [0.717, 1.165) is 14.5 Å². The van der Waals surface area contributed by atoms with Crippen LogP contribution in [0.4, 0.5) is 0 Å². The average Bonchev–Trinajstić information content (AvgIpc) is 1.94. The number of rotatable bonds is 2. The molecule has 1 nitrogen and oxygen atoms in total. The molecule has 1 N–H and O–H groups in total. The van der Waals surface area contributed by atoms with Gasteiger partial charge < -0.3 is 5.11 Å². The molecule has 0 unspecified atom stereocenters. The van der Waals surface area contributed by atoms with E-state index in [1.165, 1.54) is 0 Å². The van der Waals surface area contributed by atoms with Crippen molar-refractivity contribution in [2.24, 2.45) is 0 Å². The van der Waals surface area contributed by atoms with E-state index < -0.39 is 0 Å². The van der Waals surface area contributed by atoms with Gasteiger partial charge in [0, 0.05) is 10.9 Å². The summed E-state index contributed by atoms with van der Waals surface area (Å²) in [6.45, 7) is 3.71. The van der Waals surface area contributed by atoms with Crippen molar-refractivity contribution in [2.75, 3.05) is 0 Å². The first-order valence-electron chi connectivity index (χ1n) is 3.40. The zero-order valence-corrected chi connectivity index (χ0v) is 9.52. The van der Waals surface area contributed by atoms with E-state index in [2.05, 4.69) is 38.4 Å². The fourth-order valence-electron chi connectivity index (χ4n) is 0.893. The van der Waals surface area contributed by atoms with Crippen LogP contribution >= 0.6 is 31.9 Å². The summed E-state index contributed by atoms with van der Waals surface area (Å²) < 4.78 is 1.74. The van der Waals surface area contributed by atoms with E-state index in [1.54, 1.807) is 6.07 Å². The molecular formula is C9H8Br2O. The second-order valence-electron chi connectivity index (χ2n) is 2.47. The van der Waals surface area contributed by atoms with Gasteiger partial charge in [-0.05, 0) is 22.2 Å². The van der Waals surface area contributed by atoms with Crippen molar-refractivity contribution < 1.29 is 5.11 Å². The van der Waals surface area contributed by atoms with Crippen molar-refractivity contribution in [1.82, 2.24) is 0 Å². The maximum atomic E-state index is 9.45. The first-order chi connectivity index (χ1) is 5.59. The zero-order chi connectivity index (χ0) is 9.14. The Labute approximate surface area is 88.4 Å². The Kier molecular flexibility index (Phi) is 3.35. The van der Waals surface area contributed by atoms with Crippen LogP contribution in [0.1, 0.15) is 5.56 Å². The van der Waals surface area contributed by atoms with E-state index in [0.29, 0.717) is 12.2 Å². The minimum Gasteiger partial charge on any atom is -0.508 e. The second-order valence-corrected chi connectivity index (χ2v) is 4.50. The first-order valence-corrected chi connectivity index (χ1v) is 4.99. The molecule has 0 amide bonds. The van der Waals surface area contributed by atoms with E-state index in [4.69, 9.17) is 0 Å². The van der Waals surface area contributed by atoms with Crippen LogP contribution in [-0.2, 0) is 6.42 Å². The largest absolute Gasteiger partial charge is 0.508 e. The van der Waals surface area contributed by atoms with Crippen molar-refractivity contribution in [3.8, 4) is 5.75 Å². The predicted octanol–water partition coefficient (Wildman–Crippen LogP) is 3.61. The number of benzene rings is 1. The lowest BCUT2D eigenvalue weighted by Crippen LogP contribution is -1.84. The quantitative estimate of drug-likeness (QED) is 0.883. The highest BCUT2D eigenvalue weighted by Crippen LogP contribution is 2.25. The number of allylic oxidation sites excluding steroid dienone is 1. The van der Waals surface area contributed by atoms with Crippen LogP contribution in [0.3, 0.4) is 0 Å². The summed E-state index contributed by atoms with van der Waals surface area (Å²) in [6.07, 6.45) is 0.652. The zero-order valence-electron chi connectivity index (χ0n) is 6.35. The van der Waals surface area contributed by atoms with Gasteiger partial charge in [0.25, 0.3) is 0 Å².